The van der Waals surface area contributed by atoms with Gasteiger partial charge in [-0.3, -0.25) is 14.4 Å². The van der Waals surface area contributed by atoms with Gasteiger partial charge in [-0.2, -0.15) is 0 Å². The van der Waals surface area contributed by atoms with Crippen molar-refractivity contribution in [3.05, 3.63) is 24.3 Å². The average molecular weight is 1010 g/mol. The molecule has 424 valence electrons. The number of rotatable bonds is 60. The highest BCUT2D eigenvalue weighted by Crippen LogP contribution is 2.18. The van der Waals surface area contributed by atoms with E-state index in [4.69, 9.17) is 14.2 Å². The van der Waals surface area contributed by atoms with Gasteiger partial charge in [0.05, 0.1) is 0 Å². The summed E-state index contributed by atoms with van der Waals surface area (Å²) in [6.45, 7) is 6.62. The first-order valence-corrected chi connectivity index (χ1v) is 32.3. The van der Waals surface area contributed by atoms with E-state index in [-0.39, 0.29) is 31.1 Å². The Bertz CT molecular complexity index is 1160. The number of allylic oxidation sites excluding steroid dienone is 4. The van der Waals surface area contributed by atoms with Crippen LogP contribution in [-0.2, 0) is 28.6 Å². The highest BCUT2D eigenvalue weighted by atomic mass is 16.6. The summed E-state index contributed by atoms with van der Waals surface area (Å²) in [5.41, 5.74) is 0. The normalized spacial score (nSPS) is 12.1. The second kappa shape index (κ2) is 61.4. The molecular formula is C66H124O6. The van der Waals surface area contributed by atoms with Crippen molar-refractivity contribution >= 4 is 17.9 Å². The largest absolute Gasteiger partial charge is 0.462 e. The van der Waals surface area contributed by atoms with E-state index >= 15 is 0 Å². The standard InChI is InChI=1S/C66H124O6/c1-4-7-10-13-16-19-21-23-25-26-27-28-29-30-31-32-33-34-35-36-37-38-39-40-41-43-44-47-50-53-56-59-65(68)71-62-63(61-70-64(67)58-55-52-49-46-18-15-12-9-6-3)72-66(69)60-57-54-51-48-45-42-24-22-20-17-14-11-8-5-2/h14,17,22,24,63H,4-13,15-16,18-21,23,25-62H2,1-3H3/b17-14-,24-22-. The average Bonchev–Trinajstić information content (AvgIpc) is 3.38. The third-order valence-electron chi connectivity index (χ3n) is 14.7. The van der Waals surface area contributed by atoms with Crippen LogP contribution in [0.1, 0.15) is 361 Å². The molecule has 0 aromatic carbocycles. The van der Waals surface area contributed by atoms with Gasteiger partial charge in [0.2, 0.25) is 0 Å². The molecule has 0 radical (unpaired) electrons. The summed E-state index contributed by atoms with van der Waals surface area (Å²) >= 11 is 0. The van der Waals surface area contributed by atoms with Crippen molar-refractivity contribution in [2.75, 3.05) is 13.2 Å². The van der Waals surface area contributed by atoms with Crippen molar-refractivity contribution in [1.82, 2.24) is 0 Å². The number of unbranched alkanes of at least 4 members (excludes halogenated alkanes) is 45. The zero-order chi connectivity index (χ0) is 52.2. The quantitative estimate of drug-likeness (QED) is 0.0261. The number of carbonyl (C=O) groups is 3. The van der Waals surface area contributed by atoms with Crippen LogP contribution in [0, 0.1) is 0 Å². The third kappa shape index (κ3) is 58.8. The van der Waals surface area contributed by atoms with E-state index in [0.29, 0.717) is 19.3 Å². The fourth-order valence-corrected chi connectivity index (χ4v) is 9.82. The maximum Gasteiger partial charge on any atom is 0.306 e. The van der Waals surface area contributed by atoms with E-state index in [2.05, 4.69) is 45.1 Å². The molecule has 0 aliphatic rings. The lowest BCUT2D eigenvalue weighted by molar-refractivity contribution is -0.167. The molecular weight excluding hydrogens is 889 g/mol. The maximum atomic E-state index is 12.8. The van der Waals surface area contributed by atoms with Crippen LogP contribution in [0.15, 0.2) is 24.3 Å². The number of esters is 3. The van der Waals surface area contributed by atoms with Gasteiger partial charge in [0, 0.05) is 19.3 Å². The van der Waals surface area contributed by atoms with E-state index in [1.165, 1.54) is 238 Å². The van der Waals surface area contributed by atoms with Crippen LogP contribution in [-0.4, -0.2) is 37.2 Å². The Morgan fingerprint density at radius 3 is 0.806 bits per heavy atom. The maximum absolute atomic E-state index is 12.8. The Labute approximate surface area is 449 Å². The molecule has 0 saturated carbocycles. The van der Waals surface area contributed by atoms with E-state index < -0.39 is 6.10 Å². The zero-order valence-corrected chi connectivity index (χ0v) is 48.7. The lowest BCUT2D eigenvalue weighted by Gasteiger charge is -2.18. The molecule has 6 nitrogen and oxygen atoms in total. The minimum Gasteiger partial charge on any atom is -0.462 e. The molecule has 1 unspecified atom stereocenters. The highest BCUT2D eigenvalue weighted by Gasteiger charge is 2.19. The summed E-state index contributed by atoms with van der Waals surface area (Å²) in [7, 11) is 0. The van der Waals surface area contributed by atoms with Crippen molar-refractivity contribution in [3.63, 3.8) is 0 Å². The molecule has 0 N–H and O–H groups in total. The van der Waals surface area contributed by atoms with Gasteiger partial charge in [-0.1, -0.05) is 321 Å². The van der Waals surface area contributed by atoms with Gasteiger partial charge in [-0.05, 0) is 44.9 Å². The van der Waals surface area contributed by atoms with E-state index in [0.717, 1.165) is 83.5 Å². The van der Waals surface area contributed by atoms with Crippen LogP contribution in [0.5, 0.6) is 0 Å². The lowest BCUT2D eigenvalue weighted by atomic mass is 10.0. The van der Waals surface area contributed by atoms with Gasteiger partial charge >= 0.3 is 17.9 Å². The number of carbonyl (C=O) groups excluding carboxylic acids is 3. The summed E-state index contributed by atoms with van der Waals surface area (Å²) in [5.74, 6) is -0.868. The summed E-state index contributed by atoms with van der Waals surface area (Å²) in [6, 6.07) is 0. The van der Waals surface area contributed by atoms with Gasteiger partial charge < -0.3 is 14.2 Å². The first kappa shape index (κ1) is 69.9. The smallest absolute Gasteiger partial charge is 0.306 e. The monoisotopic (exact) mass is 1010 g/mol. The summed E-state index contributed by atoms with van der Waals surface area (Å²) in [4.78, 5) is 38.1. The van der Waals surface area contributed by atoms with Gasteiger partial charge in [0.15, 0.2) is 6.10 Å². The van der Waals surface area contributed by atoms with E-state index in [1.807, 2.05) is 0 Å². The molecule has 0 saturated heterocycles. The van der Waals surface area contributed by atoms with Crippen LogP contribution in [0.4, 0.5) is 0 Å². The van der Waals surface area contributed by atoms with Crippen LogP contribution in [0.3, 0.4) is 0 Å². The van der Waals surface area contributed by atoms with Crippen molar-refractivity contribution in [1.29, 1.82) is 0 Å². The first-order chi connectivity index (χ1) is 35.5. The van der Waals surface area contributed by atoms with E-state index in [9.17, 15) is 14.4 Å². The van der Waals surface area contributed by atoms with Crippen LogP contribution in [0.2, 0.25) is 0 Å². The summed E-state index contributed by atoms with van der Waals surface area (Å²) < 4.78 is 16.8. The van der Waals surface area contributed by atoms with Gasteiger partial charge in [-0.15, -0.1) is 0 Å². The fraction of sp³-hybridized carbons (Fsp3) is 0.894. The molecule has 0 aromatic rings. The topological polar surface area (TPSA) is 78.9 Å². The molecule has 0 spiro atoms. The summed E-state index contributed by atoms with van der Waals surface area (Å²) in [5, 5.41) is 0. The second-order valence-electron chi connectivity index (χ2n) is 22.0. The number of hydrogen-bond acceptors (Lipinski definition) is 6. The lowest BCUT2D eigenvalue weighted by Crippen LogP contribution is -2.30. The zero-order valence-electron chi connectivity index (χ0n) is 48.7. The number of ether oxygens (including phenoxy) is 3. The first-order valence-electron chi connectivity index (χ1n) is 32.3. The molecule has 0 aliphatic carbocycles. The molecule has 0 amide bonds. The molecule has 72 heavy (non-hydrogen) atoms. The van der Waals surface area contributed by atoms with Crippen LogP contribution < -0.4 is 0 Å². The Balaban J connectivity index is 4.00. The molecule has 0 fully saturated rings. The van der Waals surface area contributed by atoms with E-state index in [1.54, 1.807) is 0 Å². The molecule has 0 aliphatic heterocycles. The highest BCUT2D eigenvalue weighted by molar-refractivity contribution is 5.71. The molecule has 0 bridgehead atoms. The fourth-order valence-electron chi connectivity index (χ4n) is 9.82. The number of hydrogen-bond donors (Lipinski definition) is 0. The van der Waals surface area contributed by atoms with Crippen LogP contribution in [0.25, 0.3) is 0 Å². The van der Waals surface area contributed by atoms with Gasteiger partial charge in [0.1, 0.15) is 13.2 Å². The Hall–Kier alpha value is -2.11. The Morgan fingerprint density at radius 2 is 0.514 bits per heavy atom. The molecule has 6 heteroatoms. The second-order valence-corrected chi connectivity index (χ2v) is 22.0. The predicted molar refractivity (Wildman–Crippen MR) is 312 cm³/mol. The SMILES string of the molecule is CCCC/C=C\C/C=C\CCCCCCCC(=O)OC(COC(=O)CCCCCCCCCCC)COC(=O)CCCCCCCCCCCCCCCCCCCCCCCCCCCCCCCCC. The van der Waals surface area contributed by atoms with Gasteiger partial charge in [-0.25, -0.2) is 0 Å². The molecule has 0 heterocycles. The van der Waals surface area contributed by atoms with Crippen molar-refractivity contribution in [3.8, 4) is 0 Å². The van der Waals surface area contributed by atoms with Crippen molar-refractivity contribution in [2.24, 2.45) is 0 Å². The van der Waals surface area contributed by atoms with Crippen molar-refractivity contribution < 1.29 is 28.6 Å². The predicted octanol–water partition coefficient (Wildman–Crippen LogP) is 21.8. The summed E-state index contributed by atoms with van der Waals surface area (Å²) in [6.07, 6.45) is 73.7. The minimum absolute atomic E-state index is 0.0719. The Morgan fingerprint density at radius 1 is 0.278 bits per heavy atom. The van der Waals surface area contributed by atoms with Gasteiger partial charge in [0.25, 0.3) is 0 Å². The van der Waals surface area contributed by atoms with Crippen LogP contribution >= 0.6 is 0 Å². The van der Waals surface area contributed by atoms with Crippen molar-refractivity contribution in [2.45, 2.75) is 367 Å². The molecule has 1 atom stereocenters. The third-order valence-corrected chi connectivity index (χ3v) is 14.7. The molecule has 0 rings (SSSR count). The minimum atomic E-state index is -0.773. The Kier molecular flexibility index (Phi) is 59.6. The molecule has 0 aromatic heterocycles.